The Balaban J connectivity index is 2.18. The van der Waals surface area contributed by atoms with E-state index in [0.717, 1.165) is 25.0 Å². The highest BCUT2D eigenvalue weighted by Crippen LogP contribution is 2.45. The number of nitrogens with one attached hydrogen (secondary N) is 1. The number of nitriles is 1. The summed E-state index contributed by atoms with van der Waals surface area (Å²) in [5, 5.41) is 12.0. The summed E-state index contributed by atoms with van der Waals surface area (Å²) in [5.41, 5.74) is -0.0509. The molecule has 1 N–H and O–H groups in total. The molecule has 2 nitrogen and oxygen atoms in total. The Morgan fingerprint density at radius 3 is 2.56 bits per heavy atom. The summed E-state index contributed by atoms with van der Waals surface area (Å²) < 4.78 is 37.5. The van der Waals surface area contributed by atoms with E-state index in [2.05, 4.69) is 12.2 Å². The van der Waals surface area contributed by atoms with E-state index in [1.54, 1.807) is 6.07 Å². The fourth-order valence-electron chi connectivity index (χ4n) is 1.67. The van der Waals surface area contributed by atoms with Gasteiger partial charge in [0.1, 0.15) is 6.07 Å². The molecule has 18 heavy (non-hydrogen) atoms. The first-order valence-electron chi connectivity index (χ1n) is 5.69. The van der Waals surface area contributed by atoms with E-state index < -0.39 is 11.7 Å². The molecule has 0 unspecified atom stereocenters. The van der Waals surface area contributed by atoms with Crippen LogP contribution in [0.3, 0.4) is 0 Å². The zero-order valence-corrected chi connectivity index (χ0v) is 9.93. The van der Waals surface area contributed by atoms with E-state index in [4.69, 9.17) is 5.26 Å². The highest BCUT2D eigenvalue weighted by molar-refractivity contribution is 5.59. The topological polar surface area (TPSA) is 35.8 Å². The molecule has 0 bridgehead atoms. The molecule has 5 heteroatoms. The van der Waals surface area contributed by atoms with Gasteiger partial charge in [-0.3, -0.25) is 0 Å². The fourth-order valence-corrected chi connectivity index (χ4v) is 1.67. The van der Waals surface area contributed by atoms with Crippen LogP contribution in [0.2, 0.25) is 0 Å². The van der Waals surface area contributed by atoms with E-state index in [1.165, 1.54) is 6.07 Å². The molecular formula is C13H13F3N2. The molecule has 1 fully saturated rings. The molecule has 1 aromatic rings. The third-order valence-corrected chi connectivity index (χ3v) is 3.28. The summed E-state index contributed by atoms with van der Waals surface area (Å²) in [4.78, 5) is 0. The Hall–Kier alpha value is -1.70. The van der Waals surface area contributed by atoms with Gasteiger partial charge in [0.2, 0.25) is 0 Å². The maximum atomic E-state index is 12.5. The summed E-state index contributed by atoms with van der Waals surface area (Å²) in [6, 6.07) is 5.01. The molecule has 1 aliphatic rings. The molecule has 0 radical (unpaired) electrons. The summed E-state index contributed by atoms with van der Waals surface area (Å²) in [7, 11) is 0. The van der Waals surface area contributed by atoms with Gasteiger partial charge in [0, 0.05) is 6.54 Å². The second kappa shape index (κ2) is 4.20. The minimum absolute atomic E-state index is 0.0362. The lowest BCUT2D eigenvalue weighted by Gasteiger charge is -2.14. The monoisotopic (exact) mass is 254 g/mol. The van der Waals surface area contributed by atoms with E-state index >= 15 is 0 Å². The van der Waals surface area contributed by atoms with Crippen molar-refractivity contribution in [2.45, 2.75) is 25.9 Å². The summed E-state index contributed by atoms with van der Waals surface area (Å²) in [5.74, 6) is 0. The van der Waals surface area contributed by atoms with Crippen molar-refractivity contribution in [3.05, 3.63) is 29.3 Å². The van der Waals surface area contributed by atoms with Gasteiger partial charge in [0.05, 0.1) is 16.8 Å². The van der Waals surface area contributed by atoms with Crippen LogP contribution in [0.4, 0.5) is 18.9 Å². The molecule has 0 aromatic heterocycles. The average Bonchev–Trinajstić information content (AvgIpc) is 3.04. The van der Waals surface area contributed by atoms with Gasteiger partial charge >= 0.3 is 6.18 Å². The molecular weight excluding hydrogens is 241 g/mol. The minimum Gasteiger partial charge on any atom is -0.383 e. The van der Waals surface area contributed by atoms with Gasteiger partial charge in [-0.15, -0.1) is 0 Å². The lowest BCUT2D eigenvalue weighted by Crippen LogP contribution is -2.13. The van der Waals surface area contributed by atoms with Crippen molar-refractivity contribution in [2.24, 2.45) is 5.41 Å². The van der Waals surface area contributed by atoms with Crippen LogP contribution in [0.5, 0.6) is 0 Å². The molecule has 0 amide bonds. The van der Waals surface area contributed by atoms with Crippen molar-refractivity contribution in [1.82, 2.24) is 0 Å². The van der Waals surface area contributed by atoms with Crippen LogP contribution >= 0.6 is 0 Å². The number of alkyl halides is 3. The van der Waals surface area contributed by atoms with Crippen LogP contribution in [-0.2, 0) is 6.18 Å². The molecule has 0 aliphatic heterocycles. The van der Waals surface area contributed by atoms with Gasteiger partial charge < -0.3 is 5.32 Å². The zero-order valence-electron chi connectivity index (χ0n) is 9.93. The molecule has 0 spiro atoms. The summed E-state index contributed by atoms with van der Waals surface area (Å²) in [6.07, 6.45) is -2.18. The van der Waals surface area contributed by atoms with Crippen molar-refractivity contribution in [3.8, 4) is 6.07 Å². The molecule has 0 heterocycles. The maximum absolute atomic E-state index is 12.5. The fraction of sp³-hybridized carbons (Fsp3) is 0.462. The highest BCUT2D eigenvalue weighted by atomic mass is 19.4. The highest BCUT2D eigenvalue weighted by Gasteiger charge is 2.37. The van der Waals surface area contributed by atoms with Gasteiger partial charge in [0.15, 0.2) is 0 Å². The summed E-state index contributed by atoms with van der Waals surface area (Å²) in [6.45, 7) is 2.79. The van der Waals surface area contributed by atoms with Crippen LogP contribution in [0.25, 0.3) is 0 Å². The van der Waals surface area contributed by atoms with Crippen molar-refractivity contribution in [1.29, 1.82) is 5.26 Å². The first-order chi connectivity index (χ1) is 8.34. The number of rotatable bonds is 3. The lowest BCUT2D eigenvalue weighted by atomic mass is 10.1. The quantitative estimate of drug-likeness (QED) is 0.890. The predicted octanol–water partition coefficient (Wildman–Crippen LogP) is 3.79. The molecule has 2 rings (SSSR count). The average molecular weight is 254 g/mol. The van der Waals surface area contributed by atoms with E-state index in [0.29, 0.717) is 12.2 Å². The SMILES string of the molecule is CC1(CNc2ccc(C(F)(F)F)cc2C#N)CC1. The normalized spacial score (nSPS) is 17.1. The minimum atomic E-state index is -4.41. The third kappa shape index (κ3) is 2.76. The van der Waals surface area contributed by atoms with Gasteiger partial charge in [-0.05, 0) is 36.5 Å². The largest absolute Gasteiger partial charge is 0.416 e. The van der Waals surface area contributed by atoms with E-state index in [-0.39, 0.29) is 11.0 Å². The van der Waals surface area contributed by atoms with E-state index in [9.17, 15) is 13.2 Å². The van der Waals surface area contributed by atoms with Gasteiger partial charge in [-0.2, -0.15) is 18.4 Å². The van der Waals surface area contributed by atoms with Crippen molar-refractivity contribution < 1.29 is 13.2 Å². The smallest absolute Gasteiger partial charge is 0.383 e. The Morgan fingerprint density at radius 1 is 1.39 bits per heavy atom. The van der Waals surface area contributed by atoms with Gasteiger partial charge in [-0.25, -0.2) is 0 Å². The van der Waals surface area contributed by atoms with Crippen molar-refractivity contribution in [3.63, 3.8) is 0 Å². The van der Waals surface area contributed by atoms with Gasteiger partial charge in [-0.1, -0.05) is 6.92 Å². The number of halogens is 3. The lowest BCUT2D eigenvalue weighted by molar-refractivity contribution is -0.137. The zero-order chi connectivity index (χ0) is 13.4. The Bertz CT molecular complexity index is 496. The maximum Gasteiger partial charge on any atom is 0.416 e. The number of benzene rings is 1. The van der Waals surface area contributed by atoms with Crippen molar-refractivity contribution >= 4 is 5.69 Å². The van der Waals surface area contributed by atoms with Gasteiger partial charge in [0.25, 0.3) is 0 Å². The Morgan fingerprint density at radius 2 is 2.06 bits per heavy atom. The second-order valence-electron chi connectivity index (χ2n) is 5.03. The molecule has 0 saturated heterocycles. The summed E-state index contributed by atoms with van der Waals surface area (Å²) >= 11 is 0. The van der Waals surface area contributed by atoms with Crippen molar-refractivity contribution in [2.75, 3.05) is 11.9 Å². The van der Waals surface area contributed by atoms with Crippen LogP contribution < -0.4 is 5.32 Å². The number of hydrogen-bond acceptors (Lipinski definition) is 2. The first-order valence-corrected chi connectivity index (χ1v) is 5.69. The Labute approximate surface area is 103 Å². The predicted molar refractivity (Wildman–Crippen MR) is 62.0 cm³/mol. The molecule has 0 atom stereocenters. The van der Waals surface area contributed by atoms with Crippen LogP contribution in [0.15, 0.2) is 18.2 Å². The Kier molecular flexibility index (Phi) is 2.97. The van der Waals surface area contributed by atoms with Crippen LogP contribution in [0, 0.1) is 16.7 Å². The third-order valence-electron chi connectivity index (χ3n) is 3.28. The number of hydrogen-bond donors (Lipinski definition) is 1. The standard InChI is InChI=1S/C13H13F3N2/c1-12(4-5-12)8-18-11-3-2-10(13(14,15)16)6-9(11)7-17/h2-3,6,18H,4-5,8H2,1H3. The molecule has 96 valence electrons. The molecule has 1 saturated carbocycles. The number of anilines is 1. The molecule has 1 aromatic carbocycles. The van der Waals surface area contributed by atoms with Crippen LogP contribution in [0.1, 0.15) is 30.9 Å². The number of nitrogens with zero attached hydrogens (tertiary/aromatic N) is 1. The first kappa shape index (κ1) is 12.7. The van der Waals surface area contributed by atoms with E-state index in [1.807, 2.05) is 0 Å². The molecule has 1 aliphatic carbocycles. The van der Waals surface area contributed by atoms with Crippen LogP contribution in [-0.4, -0.2) is 6.54 Å². The second-order valence-corrected chi connectivity index (χ2v) is 5.03.